The van der Waals surface area contributed by atoms with E-state index in [0.29, 0.717) is 19.3 Å². The highest BCUT2D eigenvalue weighted by atomic mass is 28.4. The summed E-state index contributed by atoms with van der Waals surface area (Å²) in [6.45, 7) is 26.2. The molecule has 1 heterocycles. The molecule has 9 atom stereocenters. The molecule has 218 valence electrons. The first kappa shape index (κ1) is 29.4. The number of hydrogen-bond donors (Lipinski definition) is 0. The van der Waals surface area contributed by atoms with E-state index in [9.17, 15) is 9.59 Å². The Morgan fingerprint density at radius 1 is 1.03 bits per heavy atom. The number of fused-ring (bicyclic) bond motifs is 1. The van der Waals surface area contributed by atoms with Crippen molar-refractivity contribution >= 4 is 36.9 Å². The quantitative estimate of drug-likeness (QED) is 0.214. The van der Waals surface area contributed by atoms with Crippen LogP contribution in [0.2, 0.25) is 58.9 Å². The van der Waals surface area contributed by atoms with Gasteiger partial charge in [-0.25, -0.2) is 0 Å². The number of ether oxygens (including phenoxy) is 2. The summed E-state index contributed by atoms with van der Waals surface area (Å²) in [6.07, 6.45) is 5.35. The van der Waals surface area contributed by atoms with Crippen molar-refractivity contribution in [3.8, 4) is 0 Å². The number of hydrogen-bond acceptors (Lipinski definition) is 7. The predicted octanol–water partition coefficient (Wildman–Crippen LogP) is 5.66. The van der Waals surface area contributed by atoms with Crippen LogP contribution >= 0.6 is 0 Å². The third-order valence-electron chi connectivity index (χ3n) is 9.78. The second-order valence-corrected chi connectivity index (χ2v) is 29.2. The van der Waals surface area contributed by atoms with E-state index < -0.39 is 64.9 Å². The van der Waals surface area contributed by atoms with Crippen molar-refractivity contribution in [2.24, 2.45) is 28.6 Å². The Morgan fingerprint density at radius 3 is 2.18 bits per heavy atom. The Morgan fingerprint density at radius 2 is 1.64 bits per heavy atom. The van der Waals surface area contributed by atoms with Gasteiger partial charge in [-0.05, 0) is 102 Å². The molecule has 0 aromatic carbocycles. The lowest BCUT2D eigenvalue weighted by Gasteiger charge is -2.52. The molecule has 4 fully saturated rings. The number of esters is 2. The van der Waals surface area contributed by atoms with Crippen LogP contribution in [-0.4, -0.2) is 67.4 Å². The molecule has 0 aromatic heterocycles. The highest BCUT2D eigenvalue weighted by molar-refractivity contribution is 6.70. The normalized spacial score (nSPS) is 44.7. The number of carbonyl (C=O) groups excluding carboxylic acids is 2. The van der Waals surface area contributed by atoms with Gasteiger partial charge in [0.2, 0.25) is 0 Å². The second kappa shape index (κ2) is 8.50. The lowest BCUT2D eigenvalue weighted by molar-refractivity contribution is -0.168. The van der Waals surface area contributed by atoms with E-state index in [0.717, 1.165) is 5.57 Å². The minimum Gasteiger partial charge on any atom is -0.469 e. The number of carbonyl (C=O) groups is 2. The second-order valence-electron chi connectivity index (χ2n) is 15.8. The van der Waals surface area contributed by atoms with Crippen LogP contribution in [0.1, 0.15) is 26.2 Å². The van der Waals surface area contributed by atoms with Gasteiger partial charge >= 0.3 is 11.9 Å². The molecule has 5 rings (SSSR count). The molecule has 0 aromatic rings. The van der Waals surface area contributed by atoms with Gasteiger partial charge < -0.3 is 22.8 Å². The SMILES string of the molecule is C=C1C[C@]23C[C@@]1(O[Si](C)(C)C)[C@H](O[Si](C)(C)C)CC2[C@@]12C=C[C@H](O[Si](C)(C)C)C(C)(C(=O)O1)C2[C@@H]3C(=O)OC. The third-order valence-corrected chi connectivity index (χ3v) is 12.7. The molecule has 4 aliphatic carbocycles. The maximum Gasteiger partial charge on any atom is 0.316 e. The summed E-state index contributed by atoms with van der Waals surface area (Å²) in [5.41, 5.74) is -2.08. The molecule has 3 saturated carbocycles. The van der Waals surface area contributed by atoms with E-state index in [1.807, 2.05) is 13.0 Å². The van der Waals surface area contributed by atoms with Crippen molar-refractivity contribution in [2.75, 3.05) is 7.11 Å². The van der Waals surface area contributed by atoms with Gasteiger partial charge in [-0.15, -0.1) is 0 Å². The molecule has 7 nitrogen and oxygen atoms in total. The van der Waals surface area contributed by atoms with Gasteiger partial charge in [0.15, 0.2) is 25.0 Å². The molecule has 0 N–H and O–H groups in total. The van der Waals surface area contributed by atoms with E-state index in [-0.39, 0.29) is 24.0 Å². The van der Waals surface area contributed by atoms with Crippen LogP contribution in [0.3, 0.4) is 0 Å². The van der Waals surface area contributed by atoms with Crippen molar-refractivity contribution < 1.29 is 32.3 Å². The van der Waals surface area contributed by atoms with Crippen molar-refractivity contribution in [1.29, 1.82) is 0 Å². The lowest BCUT2D eigenvalue weighted by Crippen LogP contribution is -2.60. The van der Waals surface area contributed by atoms with Gasteiger partial charge in [0.1, 0.15) is 16.6 Å². The maximum absolute atomic E-state index is 13.9. The molecule has 1 spiro atoms. The van der Waals surface area contributed by atoms with E-state index >= 15 is 0 Å². The molecule has 5 aliphatic rings. The fourth-order valence-corrected chi connectivity index (χ4v) is 12.7. The number of rotatable bonds is 7. The maximum atomic E-state index is 13.9. The average Bonchev–Trinajstić information content (AvgIpc) is 3.20. The Labute approximate surface area is 237 Å². The standard InChI is InChI=1S/C29H48O7Si3/c1-18-16-27-17-29(18,36-39(10,11)12)21(35-38(7,8)9)15-19(27)28-14-13-20(34-37(4,5)6)26(2,25(31)33-28)23(28)22(27)24(30)32-3/h13-14,19-23H,1,15-17H2,2-12H3/t19?,20-,21+,22+,23?,26?,27-,28+,29-/m0/s1. The molecule has 0 amide bonds. The largest absolute Gasteiger partial charge is 0.469 e. The molecule has 1 aliphatic heterocycles. The van der Waals surface area contributed by atoms with Crippen LogP contribution in [0.4, 0.5) is 0 Å². The lowest BCUT2D eigenvalue weighted by atomic mass is 9.61. The number of methoxy groups -OCH3 is 1. The molecular weight excluding hydrogens is 545 g/mol. The zero-order valence-electron chi connectivity index (χ0n) is 25.7. The fourth-order valence-electron chi connectivity index (χ4n) is 8.99. The summed E-state index contributed by atoms with van der Waals surface area (Å²) in [4.78, 5) is 27.8. The molecule has 39 heavy (non-hydrogen) atoms. The van der Waals surface area contributed by atoms with E-state index in [1.54, 1.807) is 0 Å². The summed E-state index contributed by atoms with van der Waals surface area (Å²) in [5.74, 6) is -1.62. The fraction of sp³-hybridized carbons (Fsp3) is 0.793. The monoisotopic (exact) mass is 592 g/mol. The first-order valence-corrected chi connectivity index (χ1v) is 24.6. The Balaban J connectivity index is 1.72. The molecule has 1 saturated heterocycles. The highest BCUT2D eigenvalue weighted by Crippen LogP contribution is 2.78. The van der Waals surface area contributed by atoms with Crippen LogP contribution < -0.4 is 0 Å². The van der Waals surface area contributed by atoms with Gasteiger partial charge in [-0.3, -0.25) is 9.59 Å². The molecular formula is C29H48O7Si3. The van der Waals surface area contributed by atoms with Gasteiger partial charge in [-0.2, -0.15) is 0 Å². The van der Waals surface area contributed by atoms with Crippen LogP contribution in [0.5, 0.6) is 0 Å². The topological polar surface area (TPSA) is 80.3 Å². The van der Waals surface area contributed by atoms with E-state index in [4.69, 9.17) is 22.8 Å². The molecule has 10 heteroatoms. The van der Waals surface area contributed by atoms with Crippen LogP contribution in [0.25, 0.3) is 0 Å². The van der Waals surface area contributed by atoms with Crippen molar-refractivity contribution in [3.63, 3.8) is 0 Å². The van der Waals surface area contributed by atoms with Gasteiger partial charge in [-0.1, -0.05) is 12.7 Å². The van der Waals surface area contributed by atoms with Crippen LogP contribution in [0, 0.1) is 28.6 Å². The molecule has 3 unspecified atom stereocenters. The Kier molecular flexibility index (Phi) is 6.42. The molecule has 4 bridgehead atoms. The van der Waals surface area contributed by atoms with E-state index in [2.05, 4.69) is 71.6 Å². The molecule has 0 radical (unpaired) electrons. The minimum absolute atomic E-state index is 0.118. The Hall–Kier alpha value is -1.05. The predicted molar refractivity (Wildman–Crippen MR) is 158 cm³/mol. The van der Waals surface area contributed by atoms with Crippen molar-refractivity contribution in [3.05, 3.63) is 24.3 Å². The van der Waals surface area contributed by atoms with Gasteiger partial charge in [0.05, 0.1) is 25.2 Å². The van der Waals surface area contributed by atoms with Gasteiger partial charge in [0.25, 0.3) is 0 Å². The first-order chi connectivity index (χ1) is 17.7. The zero-order chi connectivity index (χ0) is 29.2. The zero-order valence-corrected chi connectivity index (χ0v) is 28.7. The van der Waals surface area contributed by atoms with Crippen molar-refractivity contribution in [1.82, 2.24) is 0 Å². The average molecular weight is 593 g/mol. The van der Waals surface area contributed by atoms with Gasteiger partial charge in [0, 0.05) is 11.8 Å². The summed E-state index contributed by atoms with van der Waals surface area (Å²) in [5, 5.41) is 0. The first-order valence-electron chi connectivity index (χ1n) is 14.4. The van der Waals surface area contributed by atoms with E-state index in [1.165, 1.54) is 7.11 Å². The Bertz CT molecular complexity index is 1130. The summed E-state index contributed by atoms with van der Waals surface area (Å²) >= 11 is 0. The summed E-state index contributed by atoms with van der Waals surface area (Å²) < 4.78 is 32.7. The highest BCUT2D eigenvalue weighted by Gasteiger charge is 2.85. The summed E-state index contributed by atoms with van der Waals surface area (Å²) in [7, 11) is -4.63. The smallest absolute Gasteiger partial charge is 0.316 e. The third kappa shape index (κ3) is 4.10. The minimum atomic E-state index is -2.05. The van der Waals surface area contributed by atoms with Crippen LogP contribution in [-0.2, 0) is 32.3 Å². The summed E-state index contributed by atoms with van der Waals surface area (Å²) in [6, 6.07) is 0. The van der Waals surface area contributed by atoms with Crippen molar-refractivity contribution in [2.45, 2.75) is 109 Å². The van der Waals surface area contributed by atoms with Crippen LogP contribution in [0.15, 0.2) is 24.3 Å².